The summed E-state index contributed by atoms with van der Waals surface area (Å²) in [5.41, 5.74) is 5.65. The molecular formula is C14H25N3O. The van der Waals surface area contributed by atoms with Gasteiger partial charge in [0.1, 0.15) is 0 Å². The van der Waals surface area contributed by atoms with Crippen LogP contribution in [0.4, 0.5) is 0 Å². The smallest absolute Gasteiger partial charge is 0.233 e. The summed E-state index contributed by atoms with van der Waals surface area (Å²) in [6.07, 6.45) is 5.84. The van der Waals surface area contributed by atoms with Gasteiger partial charge in [-0.05, 0) is 32.1 Å². The van der Waals surface area contributed by atoms with Crippen molar-refractivity contribution in [1.82, 2.24) is 10.1 Å². The van der Waals surface area contributed by atoms with Gasteiger partial charge >= 0.3 is 0 Å². The fourth-order valence-electron chi connectivity index (χ4n) is 2.55. The molecule has 1 saturated carbocycles. The van der Waals surface area contributed by atoms with E-state index < -0.39 is 0 Å². The van der Waals surface area contributed by atoms with Crippen molar-refractivity contribution in [3.63, 3.8) is 0 Å². The predicted molar refractivity (Wildman–Crippen MR) is 71.4 cm³/mol. The SMILES string of the molecule is CCC(C)(CN)c1nc(C2CCC(C)CC2)no1. The van der Waals surface area contributed by atoms with E-state index in [1.807, 2.05) is 0 Å². The monoisotopic (exact) mass is 251 g/mol. The lowest BCUT2D eigenvalue weighted by Crippen LogP contribution is -2.31. The molecule has 0 spiro atoms. The first-order chi connectivity index (χ1) is 8.59. The minimum atomic E-state index is -0.173. The third kappa shape index (κ3) is 2.58. The molecule has 0 amide bonds. The predicted octanol–water partition coefficient (Wildman–Crippen LogP) is 2.99. The van der Waals surface area contributed by atoms with E-state index in [4.69, 9.17) is 10.3 Å². The number of hydrogen-bond acceptors (Lipinski definition) is 4. The Labute approximate surface area is 109 Å². The van der Waals surface area contributed by atoms with E-state index in [2.05, 4.69) is 30.9 Å². The average Bonchev–Trinajstić information content (AvgIpc) is 2.89. The Bertz CT molecular complexity index is 376. The average molecular weight is 251 g/mol. The molecule has 18 heavy (non-hydrogen) atoms. The van der Waals surface area contributed by atoms with Crippen LogP contribution in [0.15, 0.2) is 4.52 Å². The molecule has 1 atom stereocenters. The molecule has 1 fully saturated rings. The Morgan fingerprint density at radius 2 is 2.00 bits per heavy atom. The van der Waals surface area contributed by atoms with Gasteiger partial charge in [-0.3, -0.25) is 0 Å². The van der Waals surface area contributed by atoms with Gasteiger partial charge in [-0.2, -0.15) is 4.98 Å². The second kappa shape index (κ2) is 5.39. The van der Waals surface area contributed by atoms with Crippen LogP contribution in [0.2, 0.25) is 0 Å². The van der Waals surface area contributed by atoms with E-state index in [1.54, 1.807) is 0 Å². The summed E-state index contributed by atoms with van der Waals surface area (Å²) in [5, 5.41) is 4.19. The molecule has 1 heterocycles. The normalized spacial score (nSPS) is 28.0. The second-order valence-corrected chi connectivity index (χ2v) is 6.03. The highest BCUT2D eigenvalue weighted by Crippen LogP contribution is 2.35. The number of nitrogens with two attached hydrogens (primary N) is 1. The van der Waals surface area contributed by atoms with E-state index in [9.17, 15) is 0 Å². The summed E-state index contributed by atoms with van der Waals surface area (Å²) in [7, 11) is 0. The molecule has 1 aliphatic carbocycles. The van der Waals surface area contributed by atoms with E-state index in [-0.39, 0.29) is 5.41 Å². The van der Waals surface area contributed by atoms with Crippen molar-refractivity contribution < 1.29 is 4.52 Å². The second-order valence-electron chi connectivity index (χ2n) is 6.03. The Kier molecular flexibility index (Phi) is 4.05. The molecule has 2 N–H and O–H groups in total. The number of hydrogen-bond donors (Lipinski definition) is 1. The maximum Gasteiger partial charge on any atom is 0.233 e. The third-order valence-corrected chi connectivity index (χ3v) is 4.57. The van der Waals surface area contributed by atoms with Crippen LogP contribution < -0.4 is 5.73 Å². The fraction of sp³-hybridized carbons (Fsp3) is 0.857. The summed E-state index contributed by atoms with van der Waals surface area (Å²) >= 11 is 0. The molecule has 0 bridgehead atoms. The lowest BCUT2D eigenvalue weighted by atomic mass is 9.82. The van der Waals surface area contributed by atoms with E-state index in [0.717, 1.165) is 18.2 Å². The molecule has 0 radical (unpaired) electrons. The minimum absolute atomic E-state index is 0.173. The molecule has 4 heteroatoms. The first-order valence-corrected chi connectivity index (χ1v) is 7.13. The highest BCUT2D eigenvalue weighted by molar-refractivity contribution is 5.06. The van der Waals surface area contributed by atoms with Crippen molar-refractivity contribution in [2.45, 2.75) is 64.2 Å². The fourth-order valence-corrected chi connectivity index (χ4v) is 2.55. The van der Waals surface area contributed by atoms with Crippen LogP contribution in [0.1, 0.15) is 70.5 Å². The highest BCUT2D eigenvalue weighted by atomic mass is 16.5. The van der Waals surface area contributed by atoms with Crippen molar-refractivity contribution >= 4 is 0 Å². The zero-order valence-electron chi connectivity index (χ0n) is 11.8. The first-order valence-electron chi connectivity index (χ1n) is 7.13. The van der Waals surface area contributed by atoms with Crippen molar-refractivity contribution in [1.29, 1.82) is 0 Å². The molecule has 2 rings (SSSR count). The maximum atomic E-state index is 5.83. The van der Waals surface area contributed by atoms with Crippen LogP contribution in [0, 0.1) is 5.92 Å². The summed E-state index contributed by atoms with van der Waals surface area (Å²) in [4.78, 5) is 4.61. The van der Waals surface area contributed by atoms with Gasteiger partial charge in [0, 0.05) is 12.5 Å². The van der Waals surface area contributed by atoms with Crippen LogP contribution in [-0.2, 0) is 5.41 Å². The zero-order chi connectivity index (χ0) is 13.2. The van der Waals surface area contributed by atoms with Gasteiger partial charge in [0.05, 0.1) is 5.41 Å². The van der Waals surface area contributed by atoms with E-state index in [1.165, 1.54) is 25.7 Å². The molecule has 0 aromatic carbocycles. The van der Waals surface area contributed by atoms with Crippen LogP contribution >= 0.6 is 0 Å². The third-order valence-electron chi connectivity index (χ3n) is 4.57. The Morgan fingerprint density at radius 1 is 1.33 bits per heavy atom. The quantitative estimate of drug-likeness (QED) is 0.893. The molecule has 1 aromatic rings. The number of nitrogens with zero attached hydrogens (tertiary/aromatic N) is 2. The first kappa shape index (κ1) is 13.5. The van der Waals surface area contributed by atoms with E-state index in [0.29, 0.717) is 18.4 Å². The van der Waals surface area contributed by atoms with Gasteiger partial charge in [0.25, 0.3) is 0 Å². The topological polar surface area (TPSA) is 64.9 Å². The summed E-state index contributed by atoms with van der Waals surface area (Å²) in [6, 6.07) is 0. The molecule has 0 saturated heterocycles. The summed E-state index contributed by atoms with van der Waals surface area (Å²) < 4.78 is 5.45. The van der Waals surface area contributed by atoms with Crippen LogP contribution in [0.25, 0.3) is 0 Å². The molecule has 1 aliphatic rings. The number of aromatic nitrogens is 2. The number of rotatable bonds is 4. The standard InChI is InChI=1S/C14H25N3O/c1-4-14(3,9-15)13-16-12(17-18-13)11-7-5-10(2)6-8-11/h10-11H,4-9,15H2,1-3H3. The summed E-state index contributed by atoms with van der Waals surface area (Å²) in [5.74, 6) is 2.93. The Morgan fingerprint density at radius 3 is 2.56 bits per heavy atom. The zero-order valence-corrected chi connectivity index (χ0v) is 11.8. The van der Waals surface area contributed by atoms with Crippen molar-refractivity contribution in [2.75, 3.05) is 6.54 Å². The van der Waals surface area contributed by atoms with Crippen LogP contribution in [-0.4, -0.2) is 16.7 Å². The maximum absolute atomic E-state index is 5.83. The lowest BCUT2D eigenvalue weighted by Gasteiger charge is -2.23. The van der Waals surface area contributed by atoms with Gasteiger partial charge in [0.15, 0.2) is 5.82 Å². The van der Waals surface area contributed by atoms with Crippen molar-refractivity contribution in [3.8, 4) is 0 Å². The van der Waals surface area contributed by atoms with Gasteiger partial charge in [-0.25, -0.2) is 0 Å². The molecule has 4 nitrogen and oxygen atoms in total. The highest BCUT2D eigenvalue weighted by Gasteiger charge is 2.31. The molecule has 0 aliphatic heterocycles. The van der Waals surface area contributed by atoms with Gasteiger partial charge in [-0.15, -0.1) is 0 Å². The van der Waals surface area contributed by atoms with Crippen LogP contribution in [0.3, 0.4) is 0 Å². The van der Waals surface area contributed by atoms with Crippen molar-refractivity contribution in [2.24, 2.45) is 11.7 Å². The van der Waals surface area contributed by atoms with E-state index >= 15 is 0 Å². The van der Waals surface area contributed by atoms with Gasteiger partial charge in [0.2, 0.25) is 5.89 Å². The molecule has 1 unspecified atom stereocenters. The largest absolute Gasteiger partial charge is 0.339 e. The Hall–Kier alpha value is -0.900. The molecule has 1 aromatic heterocycles. The molecule has 102 valence electrons. The Balaban J connectivity index is 2.10. The van der Waals surface area contributed by atoms with Crippen molar-refractivity contribution in [3.05, 3.63) is 11.7 Å². The lowest BCUT2D eigenvalue weighted by molar-refractivity contribution is 0.284. The molecular weight excluding hydrogens is 226 g/mol. The minimum Gasteiger partial charge on any atom is -0.339 e. The van der Waals surface area contributed by atoms with Gasteiger partial charge < -0.3 is 10.3 Å². The summed E-state index contributed by atoms with van der Waals surface area (Å²) in [6.45, 7) is 7.07. The van der Waals surface area contributed by atoms with Gasteiger partial charge in [-0.1, -0.05) is 31.8 Å². The van der Waals surface area contributed by atoms with Crippen LogP contribution in [0.5, 0.6) is 0 Å².